The van der Waals surface area contributed by atoms with Crippen molar-refractivity contribution in [2.75, 3.05) is 19.8 Å². The number of hydrogen-bond donors (Lipinski definition) is 0. The number of carbonyl (C=O) groups is 1. The van der Waals surface area contributed by atoms with Crippen molar-refractivity contribution < 1.29 is 18.7 Å². The van der Waals surface area contributed by atoms with E-state index in [1.807, 2.05) is 37.3 Å². The summed E-state index contributed by atoms with van der Waals surface area (Å²) in [6.45, 7) is 4.05. The molecule has 5 nitrogen and oxygen atoms in total. The number of hydrogen-bond acceptors (Lipinski definition) is 4. The van der Waals surface area contributed by atoms with Gasteiger partial charge in [0.2, 0.25) is 0 Å². The lowest BCUT2D eigenvalue weighted by Gasteiger charge is -2.22. The Bertz CT molecular complexity index is 980. The highest BCUT2D eigenvalue weighted by Gasteiger charge is 2.20. The van der Waals surface area contributed by atoms with Gasteiger partial charge in [-0.15, -0.1) is 0 Å². The van der Waals surface area contributed by atoms with E-state index in [4.69, 9.17) is 25.5 Å². The number of nitrogens with zero attached hydrogens (tertiary/aromatic N) is 1. The van der Waals surface area contributed by atoms with E-state index in [2.05, 4.69) is 0 Å². The first kappa shape index (κ1) is 18.4. The van der Waals surface area contributed by atoms with Gasteiger partial charge in [0.05, 0.1) is 0 Å². The standard InChI is InChI=1S/C22H20ClNO4/c1-2-24(14-15-3-8-19-21(13-15)27-12-11-26-19)22(25)20-10-9-18(28-20)16-4-6-17(23)7-5-16/h3-10,13H,2,11-12,14H2,1H3. The molecule has 1 aliphatic heterocycles. The van der Waals surface area contributed by atoms with Gasteiger partial charge in [0.25, 0.3) is 5.91 Å². The maximum Gasteiger partial charge on any atom is 0.289 e. The molecule has 1 aromatic heterocycles. The molecular weight excluding hydrogens is 378 g/mol. The Balaban J connectivity index is 1.50. The number of benzene rings is 2. The third kappa shape index (κ3) is 3.85. The third-order valence-electron chi connectivity index (χ3n) is 4.59. The fraction of sp³-hybridized carbons (Fsp3) is 0.227. The van der Waals surface area contributed by atoms with Gasteiger partial charge in [-0.2, -0.15) is 0 Å². The maximum absolute atomic E-state index is 12.9. The number of ether oxygens (including phenoxy) is 2. The highest BCUT2D eigenvalue weighted by atomic mass is 35.5. The fourth-order valence-electron chi connectivity index (χ4n) is 3.11. The molecule has 0 spiro atoms. The van der Waals surface area contributed by atoms with Crippen LogP contribution in [-0.2, 0) is 6.54 Å². The molecule has 1 amide bonds. The zero-order chi connectivity index (χ0) is 19.5. The lowest BCUT2D eigenvalue weighted by Crippen LogP contribution is -2.30. The SMILES string of the molecule is CCN(Cc1ccc2c(c1)OCCO2)C(=O)c1ccc(-c2ccc(Cl)cc2)o1. The van der Waals surface area contributed by atoms with Gasteiger partial charge in [-0.1, -0.05) is 17.7 Å². The van der Waals surface area contributed by atoms with E-state index < -0.39 is 0 Å². The zero-order valence-corrected chi connectivity index (χ0v) is 16.2. The molecule has 144 valence electrons. The molecule has 0 aliphatic carbocycles. The highest BCUT2D eigenvalue weighted by molar-refractivity contribution is 6.30. The average Bonchev–Trinajstić information content (AvgIpc) is 3.22. The molecule has 0 radical (unpaired) electrons. The highest BCUT2D eigenvalue weighted by Crippen LogP contribution is 2.31. The molecule has 1 aliphatic rings. The Labute approximate surface area is 168 Å². The predicted octanol–water partition coefficient (Wildman–Crippen LogP) is 5.03. The minimum absolute atomic E-state index is 0.155. The van der Waals surface area contributed by atoms with Crippen LogP contribution in [0.2, 0.25) is 5.02 Å². The minimum Gasteiger partial charge on any atom is -0.486 e. The molecule has 0 saturated heterocycles. The number of carbonyl (C=O) groups excluding carboxylic acids is 1. The quantitative estimate of drug-likeness (QED) is 0.605. The first-order valence-electron chi connectivity index (χ1n) is 9.17. The van der Waals surface area contributed by atoms with Crippen molar-refractivity contribution in [3.8, 4) is 22.8 Å². The van der Waals surface area contributed by atoms with E-state index in [1.54, 1.807) is 29.2 Å². The smallest absolute Gasteiger partial charge is 0.289 e. The van der Waals surface area contributed by atoms with Gasteiger partial charge in [0.1, 0.15) is 19.0 Å². The molecule has 6 heteroatoms. The van der Waals surface area contributed by atoms with Crippen LogP contribution in [0.3, 0.4) is 0 Å². The summed E-state index contributed by atoms with van der Waals surface area (Å²) in [5.41, 5.74) is 1.85. The van der Waals surface area contributed by atoms with E-state index in [9.17, 15) is 4.79 Å². The molecule has 0 atom stereocenters. The van der Waals surface area contributed by atoms with E-state index in [0.29, 0.717) is 42.8 Å². The number of fused-ring (bicyclic) bond motifs is 1. The maximum atomic E-state index is 12.9. The molecule has 2 aromatic carbocycles. The summed E-state index contributed by atoms with van der Waals surface area (Å²) < 4.78 is 17.0. The molecule has 0 N–H and O–H groups in total. The van der Waals surface area contributed by atoms with Crippen molar-refractivity contribution >= 4 is 17.5 Å². The topological polar surface area (TPSA) is 51.9 Å². The third-order valence-corrected chi connectivity index (χ3v) is 4.85. The number of rotatable bonds is 5. The molecule has 28 heavy (non-hydrogen) atoms. The van der Waals surface area contributed by atoms with Crippen LogP contribution in [0.5, 0.6) is 11.5 Å². The second-order valence-corrected chi connectivity index (χ2v) is 6.90. The lowest BCUT2D eigenvalue weighted by molar-refractivity contribution is 0.0721. The van der Waals surface area contributed by atoms with Crippen LogP contribution in [0.1, 0.15) is 23.0 Å². The Morgan fingerprint density at radius 2 is 1.75 bits per heavy atom. The normalized spacial score (nSPS) is 12.6. The fourth-order valence-corrected chi connectivity index (χ4v) is 3.24. The van der Waals surface area contributed by atoms with Crippen molar-refractivity contribution in [2.24, 2.45) is 0 Å². The molecule has 0 unspecified atom stereocenters. The van der Waals surface area contributed by atoms with Crippen molar-refractivity contribution in [3.63, 3.8) is 0 Å². The summed E-state index contributed by atoms with van der Waals surface area (Å²) in [5, 5.41) is 0.656. The molecule has 4 rings (SSSR count). The number of furan rings is 1. The van der Waals surface area contributed by atoms with Gasteiger partial charge in [-0.3, -0.25) is 4.79 Å². The second kappa shape index (κ2) is 7.98. The molecule has 0 bridgehead atoms. The second-order valence-electron chi connectivity index (χ2n) is 6.47. The van der Waals surface area contributed by atoms with Gasteiger partial charge in [-0.05, 0) is 61.0 Å². The molecule has 0 fully saturated rings. The molecule has 2 heterocycles. The van der Waals surface area contributed by atoms with Crippen LogP contribution in [-0.4, -0.2) is 30.6 Å². The van der Waals surface area contributed by atoms with E-state index in [-0.39, 0.29) is 5.91 Å². The Kier molecular flexibility index (Phi) is 5.26. The van der Waals surface area contributed by atoms with Crippen LogP contribution in [0, 0.1) is 0 Å². The Morgan fingerprint density at radius 3 is 2.50 bits per heavy atom. The summed E-state index contributed by atoms with van der Waals surface area (Å²) in [6.07, 6.45) is 0. The van der Waals surface area contributed by atoms with Crippen molar-refractivity contribution in [1.82, 2.24) is 4.90 Å². The van der Waals surface area contributed by atoms with E-state index in [0.717, 1.165) is 22.6 Å². The largest absolute Gasteiger partial charge is 0.486 e. The number of halogens is 1. The van der Waals surface area contributed by atoms with Gasteiger partial charge < -0.3 is 18.8 Å². The average molecular weight is 398 g/mol. The van der Waals surface area contributed by atoms with Gasteiger partial charge in [-0.25, -0.2) is 0 Å². The first-order valence-corrected chi connectivity index (χ1v) is 9.55. The zero-order valence-electron chi connectivity index (χ0n) is 15.5. The van der Waals surface area contributed by atoms with Crippen molar-refractivity contribution in [2.45, 2.75) is 13.5 Å². The summed E-state index contributed by atoms with van der Waals surface area (Å²) in [5.74, 6) is 2.25. The van der Waals surface area contributed by atoms with Gasteiger partial charge in [0.15, 0.2) is 17.3 Å². The molecule has 3 aromatic rings. The Hall–Kier alpha value is -2.92. The Morgan fingerprint density at radius 1 is 1.00 bits per heavy atom. The van der Waals surface area contributed by atoms with Crippen LogP contribution in [0.4, 0.5) is 0 Å². The summed E-state index contributed by atoms with van der Waals surface area (Å²) in [6, 6.07) is 16.6. The van der Waals surface area contributed by atoms with Crippen LogP contribution in [0.25, 0.3) is 11.3 Å². The summed E-state index contributed by atoms with van der Waals surface area (Å²) in [4.78, 5) is 14.7. The summed E-state index contributed by atoms with van der Waals surface area (Å²) >= 11 is 5.93. The monoisotopic (exact) mass is 397 g/mol. The van der Waals surface area contributed by atoms with E-state index in [1.165, 1.54) is 0 Å². The van der Waals surface area contributed by atoms with Gasteiger partial charge in [0, 0.05) is 23.7 Å². The van der Waals surface area contributed by atoms with E-state index >= 15 is 0 Å². The van der Waals surface area contributed by atoms with Crippen LogP contribution in [0.15, 0.2) is 59.0 Å². The van der Waals surface area contributed by atoms with Crippen LogP contribution >= 0.6 is 11.6 Å². The van der Waals surface area contributed by atoms with Crippen molar-refractivity contribution in [3.05, 3.63) is 70.9 Å². The minimum atomic E-state index is -0.155. The first-order chi connectivity index (χ1) is 13.6. The summed E-state index contributed by atoms with van der Waals surface area (Å²) in [7, 11) is 0. The number of amides is 1. The molecular formula is C22H20ClNO4. The van der Waals surface area contributed by atoms with Gasteiger partial charge >= 0.3 is 0 Å². The van der Waals surface area contributed by atoms with Crippen LogP contribution < -0.4 is 9.47 Å². The van der Waals surface area contributed by atoms with Crippen molar-refractivity contribution in [1.29, 1.82) is 0 Å². The molecule has 0 saturated carbocycles. The lowest BCUT2D eigenvalue weighted by atomic mass is 10.1. The predicted molar refractivity (Wildman–Crippen MR) is 107 cm³/mol.